The molecule has 172 valence electrons. The number of benzene rings is 2. The summed E-state index contributed by atoms with van der Waals surface area (Å²) in [5.74, 6) is 0.542. The van der Waals surface area contributed by atoms with Gasteiger partial charge < -0.3 is 23.5 Å². The highest BCUT2D eigenvalue weighted by molar-refractivity contribution is 7.90. The predicted octanol–water partition coefficient (Wildman–Crippen LogP) is 2.52. The first kappa shape index (κ1) is 23.8. The van der Waals surface area contributed by atoms with Gasteiger partial charge in [0.05, 0.1) is 43.0 Å². The fourth-order valence-corrected chi connectivity index (χ4v) is 4.94. The van der Waals surface area contributed by atoms with Crippen LogP contribution in [0.15, 0.2) is 40.2 Å². The van der Waals surface area contributed by atoms with Crippen LogP contribution in [0.3, 0.4) is 0 Å². The van der Waals surface area contributed by atoms with Gasteiger partial charge in [-0.15, -0.1) is 0 Å². The van der Waals surface area contributed by atoms with Gasteiger partial charge in [-0.25, -0.2) is 8.42 Å². The minimum Gasteiger partial charge on any atom is -0.493 e. The maximum atomic E-state index is 13.0. The first-order valence-electron chi connectivity index (χ1n) is 9.45. The van der Waals surface area contributed by atoms with Crippen LogP contribution in [-0.2, 0) is 21.1 Å². The molecular weight excluding hydrogens is 456 g/mol. The molecule has 0 saturated heterocycles. The molecule has 0 aliphatic carbocycles. The van der Waals surface area contributed by atoms with Crippen LogP contribution in [0.1, 0.15) is 10.4 Å². The summed E-state index contributed by atoms with van der Waals surface area (Å²) < 4.78 is 47.5. The minimum absolute atomic E-state index is 0.202. The number of ether oxygens (including phenoxy) is 4. The first-order valence-corrected chi connectivity index (χ1v) is 12.2. The SMILES string of the molecule is COCCn1c(=NC(=O)c2cc(OC)c(OC)c(OC)c2)sc2cc(S(C)(=O)=O)ccc21. The molecule has 3 rings (SSSR count). The molecule has 0 unspecified atom stereocenters. The summed E-state index contributed by atoms with van der Waals surface area (Å²) in [7, 11) is 2.62. The number of methoxy groups -OCH3 is 4. The maximum Gasteiger partial charge on any atom is 0.279 e. The molecule has 0 spiro atoms. The van der Waals surface area contributed by atoms with Gasteiger partial charge in [-0.3, -0.25) is 4.79 Å². The summed E-state index contributed by atoms with van der Waals surface area (Å²) in [5.41, 5.74) is 1.02. The molecule has 1 heterocycles. The van der Waals surface area contributed by atoms with Crippen LogP contribution in [-0.4, -0.2) is 60.2 Å². The van der Waals surface area contributed by atoms with E-state index in [0.29, 0.717) is 39.9 Å². The Morgan fingerprint density at radius 3 is 2.22 bits per heavy atom. The van der Waals surface area contributed by atoms with Crippen LogP contribution in [0.4, 0.5) is 0 Å². The number of hydrogen-bond donors (Lipinski definition) is 0. The standard InChI is InChI=1S/C21H24N2O7S2/c1-27-9-8-23-15-7-6-14(32(5,25)26)12-18(15)31-21(23)22-20(24)13-10-16(28-2)19(30-4)17(11-13)29-3/h6-7,10-12H,8-9H2,1-5H3. The Labute approximate surface area is 189 Å². The van der Waals surface area contributed by atoms with Gasteiger partial charge in [0.1, 0.15) is 0 Å². The lowest BCUT2D eigenvalue weighted by Crippen LogP contribution is -2.19. The highest BCUT2D eigenvalue weighted by Gasteiger charge is 2.18. The van der Waals surface area contributed by atoms with Crippen molar-refractivity contribution in [2.75, 3.05) is 41.3 Å². The summed E-state index contributed by atoms with van der Waals surface area (Å²) in [6, 6.07) is 7.89. The number of rotatable bonds is 8. The van der Waals surface area contributed by atoms with Gasteiger partial charge in [-0.05, 0) is 30.3 Å². The van der Waals surface area contributed by atoms with Gasteiger partial charge >= 0.3 is 0 Å². The highest BCUT2D eigenvalue weighted by Crippen LogP contribution is 2.38. The number of carbonyl (C=O) groups excluding carboxylic acids is 1. The molecule has 0 radical (unpaired) electrons. The number of aromatic nitrogens is 1. The Hall–Kier alpha value is -2.89. The smallest absolute Gasteiger partial charge is 0.279 e. The molecule has 0 fully saturated rings. The van der Waals surface area contributed by atoms with E-state index in [1.54, 1.807) is 25.3 Å². The van der Waals surface area contributed by atoms with Crippen molar-refractivity contribution in [3.05, 3.63) is 40.7 Å². The van der Waals surface area contributed by atoms with Crippen LogP contribution in [0.2, 0.25) is 0 Å². The fraction of sp³-hybridized carbons (Fsp3) is 0.333. The molecule has 0 bridgehead atoms. The van der Waals surface area contributed by atoms with Crippen molar-refractivity contribution in [3.63, 3.8) is 0 Å². The minimum atomic E-state index is -3.37. The molecule has 9 nitrogen and oxygen atoms in total. The summed E-state index contributed by atoms with van der Waals surface area (Å²) in [4.78, 5) is 17.9. The molecule has 1 amide bonds. The van der Waals surface area contributed by atoms with Crippen molar-refractivity contribution in [2.24, 2.45) is 4.99 Å². The highest BCUT2D eigenvalue weighted by atomic mass is 32.2. The Morgan fingerprint density at radius 2 is 1.69 bits per heavy atom. The van der Waals surface area contributed by atoms with E-state index in [2.05, 4.69) is 4.99 Å². The average molecular weight is 481 g/mol. The third kappa shape index (κ3) is 4.79. The van der Waals surface area contributed by atoms with E-state index >= 15 is 0 Å². The monoisotopic (exact) mass is 480 g/mol. The van der Waals surface area contributed by atoms with E-state index in [9.17, 15) is 13.2 Å². The Kier molecular flexibility index (Phi) is 7.22. The predicted molar refractivity (Wildman–Crippen MR) is 121 cm³/mol. The zero-order valence-corrected chi connectivity index (χ0v) is 20.0. The molecule has 2 aromatic carbocycles. The average Bonchev–Trinajstić information content (AvgIpc) is 3.11. The zero-order chi connectivity index (χ0) is 23.5. The molecule has 3 aromatic rings. The molecule has 32 heavy (non-hydrogen) atoms. The van der Waals surface area contributed by atoms with Gasteiger partial charge in [0.2, 0.25) is 5.75 Å². The maximum absolute atomic E-state index is 13.0. The normalized spacial score (nSPS) is 12.2. The van der Waals surface area contributed by atoms with E-state index in [1.165, 1.54) is 44.8 Å². The van der Waals surface area contributed by atoms with Crippen LogP contribution >= 0.6 is 11.3 Å². The van der Waals surface area contributed by atoms with Crippen molar-refractivity contribution in [3.8, 4) is 17.2 Å². The second-order valence-electron chi connectivity index (χ2n) is 6.76. The summed E-state index contributed by atoms with van der Waals surface area (Å²) in [6.07, 6.45) is 1.15. The lowest BCUT2D eigenvalue weighted by molar-refractivity contribution is 0.0996. The summed E-state index contributed by atoms with van der Waals surface area (Å²) in [6.45, 7) is 0.835. The number of carbonyl (C=O) groups is 1. The van der Waals surface area contributed by atoms with Crippen molar-refractivity contribution >= 4 is 37.3 Å². The van der Waals surface area contributed by atoms with E-state index in [4.69, 9.17) is 18.9 Å². The first-order chi connectivity index (χ1) is 15.2. The Bertz CT molecular complexity index is 1300. The molecule has 0 aliphatic rings. The lowest BCUT2D eigenvalue weighted by atomic mass is 10.1. The number of sulfone groups is 1. The molecule has 0 aliphatic heterocycles. The lowest BCUT2D eigenvalue weighted by Gasteiger charge is -2.12. The van der Waals surface area contributed by atoms with Gasteiger partial charge in [0.15, 0.2) is 26.1 Å². The van der Waals surface area contributed by atoms with Gasteiger partial charge in [0.25, 0.3) is 5.91 Å². The van der Waals surface area contributed by atoms with Crippen molar-refractivity contribution in [2.45, 2.75) is 11.4 Å². The fourth-order valence-electron chi connectivity index (χ4n) is 3.12. The molecule has 1 aromatic heterocycles. The van der Waals surface area contributed by atoms with Crippen LogP contribution < -0.4 is 19.0 Å². The van der Waals surface area contributed by atoms with E-state index < -0.39 is 15.7 Å². The summed E-state index contributed by atoms with van der Waals surface area (Å²) >= 11 is 1.22. The van der Waals surface area contributed by atoms with Crippen molar-refractivity contribution in [1.29, 1.82) is 0 Å². The third-order valence-electron chi connectivity index (χ3n) is 4.71. The van der Waals surface area contributed by atoms with Crippen molar-refractivity contribution in [1.82, 2.24) is 4.57 Å². The number of thiazole rings is 1. The van der Waals surface area contributed by atoms with E-state index in [-0.39, 0.29) is 10.5 Å². The molecule has 0 atom stereocenters. The number of fused-ring (bicyclic) bond motifs is 1. The Balaban J connectivity index is 2.17. The van der Waals surface area contributed by atoms with E-state index in [0.717, 1.165) is 11.8 Å². The van der Waals surface area contributed by atoms with Crippen LogP contribution in [0.25, 0.3) is 10.2 Å². The Morgan fingerprint density at radius 1 is 1.03 bits per heavy atom. The molecule has 0 saturated carbocycles. The van der Waals surface area contributed by atoms with Gasteiger partial charge in [-0.2, -0.15) is 4.99 Å². The van der Waals surface area contributed by atoms with Crippen molar-refractivity contribution < 1.29 is 32.2 Å². The second-order valence-corrected chi connectivity index (χ2v) is 9.79. The largest absolute Gasteiger partial charge is 0.493 e. The quantitative estimate of drug-likeness (QED) is 0.488. The van der Waals surface area contributed by atoms with Gasteiger partial charge in [0, 0.05) is 25.5 Å². The van der Waals surface area contributed by atoms with Crippen LogP contribution in [0.5, 0.6) is 17.2 Å². The summed E-state index contributed by atoms with van der Waals surface area (Å²) in [5, 5.41) is 0. The molecule has 11 heteroatoms. The third-order valence-corrected chi connectivity index (χ3v) is 6.86. The number of hydrogen-bond acceptors (Lipinski definition) is 8. The second kappa shape index (κ2) is 9.72. The number of nitrogens with zero attached hydrogens (tertiary/aromatic N) is 2. The number of amides is 1. The topological polar surface area (TPSA) is 105 Å². The zero-order valence-electron chi connectivity index (χ0n) is 18.4. The molecular formula is C21H24N2O7S2. The van der Waals surface area contributed by atoms with Crippen LogP contribution in [0, 0.1) is 0 Å². The molecule has 0 N–H and O–H groups in total. The van der Waals surface area contributed by atoms with E-state index in [1.807, 2.05) is 4.57 Å². The van der Waals surface area contributed by atoms with Gasteiger partial charge in [-0.1, -0.05) is 11.3 Å².